The molecule has 20 heavy (non-hydrogen) atoms. The minimum absolute atomic E-state index is 0.0773. The minimum Gasteiger partial charge on any atom is -0.303 e. The first-order valence-electron chi connectivity index (χ1n) is 5.73. The van der Waals surface area contributed by atoms with Gasteiger partial charge in [-0.25, -0.2) is 0 Å². The smallest absolute Gasteiger partial charge is 0.303 e. The molecule has 0 bridgehead atoms. The summed E-state index contributed by atoms with van der Waals surface area (Å²) in [4.78, 5) is 10.5. The molecule has 7 heteroatoms. The van der Waals surface area contributed by atoms with E-state index in [-0.39, 0.29) is 5.56 Å². The van der Waals surface area contributed by atoms with Crippen molar-refractivity contribution in [2.75, 3.05) is 0 Å². The van der Waals surface area contributed by atoms with Crippen molar-refractivity contribution in [2.45, 2.75) is 31.6 Å². The highest BCUT2D eigenvalue weighted by Gasteiger charge is 2.56. The summed E-state index contributed by atoms with van der Waals surface area (Å²) in [6, 6.07) is 5.08. The predicted octanol–water partition coefficient (Wildman–Crippen LogP) is 4.27. The van der Waals surface area contributed by atoms with Gasteiger partial charge in [0.25, 0.3) is 0 Å². The van der Waals surface area contributed by atoms with Gasteiger partial charge in [-0.1, -0.05) is 31.2 Å². The average Bonchev–Trinajstić information content (AvgIpc) is 2.33. The van der Waals surface area contributed by atoms with E-state index in [1.165, 1.54) is 24.3 Å². The molecular weight excluding hydrogens is 286 g/mol. The van der Waals surface area contributed by atoms with E-state index in [9.17, 15) is 31.1 Å². The Bertz CT molecular complexity index is 431. The summed E-state index contributed by atoms with van der Waals surface area (Å²) in [7, 11) is 0. The zero-order valence-electron chi connectivity index (χ0n) is 10.4. The van der Waals surface area contributed by atoms with Crippen LogP contribution in [0.2, 0.25) is 0 Å². The van der Waals surface area contributed by atoms with E-state index < -0.39 is 30.6 Å². The van der Waals surface area contributed by atoms with Gasteiger partial charge in [-0.05, 0) is 17.5 Å². The predicted molar refractivity (Wildman–Crippen MR) is 60.2 cm³/mol. The number of rotatable bonds is 4. The third kappa shape index (κ3) is 4.25. The molecule has 0 aromatic heterocycles. The molecule has 0 N–H and O–H groups in total. The molecule has 0 radical (unpaired) electrons. The Balaban J connectivity index is 2.93. The summed E-state index contributed by atoms with van der Waals surface area (Å²) >= 11 is 0. The van der Waals surface area contributed by atoms with Crippen LogP contribution in [-0.2, 0) is 11.2 Å². The Kier molecular flexibility index (Phi) is 4.83. The molecule has 1 aromatic rings. The van der Waals surface area contributed by atoms with Gasteiger partial charge in [-0.2, -0.15) is 26.3 Å². The zero-order chi connectivity index (χ0) is 15.6. The molecular formula is C13H12F6O. The normalized spacial score (nSPS) is 14.4. The second-order valence-electron chi connectivity index (χ2n) is 4.51. The highest BCUT2D eigenvalue weighted by molar-refractivity contribution is 5.61. The molecule has 0 amide bonds. The van der Waals surface area contributed by atoms with Crippen LogP contribution in [0.3, 0.4) is 0 Å². The number of hydrogen-bond acceptors (Lipinski definition) is 1. The molecule has 0 saturated carbocycles. The summed E-state index contributed by atoms with van der Waals surface area (Å²) in [6.07, 6.45) is -11.2. The monoisotopic (exact) mass is 298 g/mol. The molecule has 0 saturated heterocycles. The van der Waals surface area contributed by atoms with Crippen molar-refractivity contribution < 1.29 is 31.1 Å². The third-order valence-corrected chi connectivity index (χ3v) is 2.94. The van der Waals surface area contributed by atoms with E-state index in [0.717, 1.165) is 0 Å². The first-order valence-corrected chi connectivity index (χ1v) is 5.73. The van der Waals surface area contributed by atoms with E-state index in [2.05, 4.69) is 0 Å². The standard InChI is InChI=1S/C13H12F6O/c1-8(7-20)10-4-2-9(3-5-10)6-11(12(14,15)16)13(17,18)19/h2-5,7-8,11H,6H2,1H3. The van der Waals surface area contributed by atoms with Crippen LogP contribution in [0, 0.1) is 5.92 Å². The van der Waals surface area contributed by atoms with E-state index in [1.54, 1.807) is 6.92 Å². The number of carbonyl (C=O) groups is 1. The first-order chi connectivity index (χ1) is 9.05. The number of hydrogen-bond donors (Lipinski definition) is 0. The second-order valence-corrected chi connectivity index (χ2v) is 4.51. The molecule has 1 aromatic carbocycles. The quantitative estimate of drug-likeness (QED) is 0.599. The lowest BCUT2D eigenvalue weighted by Gasteiger charge is -2.23. The van der Waals surface area contributed by atoms with Crippen molar-refractivity contribution >= 4 is 6.29 Å². The molecule has 0 aliphatic rings. The van der Waals surface area contributed by atoms with Crippen molar-refractivity contribution in [2.24, 2.45) is 5.92 Å². The molecule has 112 valence electrons. The van der Waals surface area contributed by atoms with E-state index in [4.69, 9.17) is 0 Å². The molecule has 0 spiro atoms. The van der Waals surface area contributed by atoms with Crippen LogP contribution in [-0.4, -0.2) is 18.6 Å². The second kappa shape index (κ2) is 5.85. The van der Waals surface area contributed by atoms with Crippen LogP contribution in [0.5, 0.6) is 0 Å². The number of aldehydes is 1. The lowest BCUT2D eigenvalue weighted by Crippen LogP contribution is -2.38. The SMILES string of the molecule is CC(C=O)c1ccc(CC(C(F)(F)F)C(F)(F)F)cc1. The van der Waals surface area contributed by atoms with Gasteiger partial charge in [0.1, 0.15) is 6.29 Å². The van der Waals surface area contributed by atoms with Crippen molar-refractivity contribution in [3.8, 4) is 0 Å². The minimum atomic E-state index is -5.34. The highest BCUT2D eigenvalue weighted by Crippen LogP contribution is 2.41. The molecule has 0 aliphatic carbocycles. The molecule has 1 atom stereocenters. The van der Waals surface area contributed by atoms with Crippen LogP contribution in [0.15, 0.2) is 24.3 Å². The zero-order valence-corrected chi connectivity index (χ0v) is 10.4. The summed E-state index contributed by atoms with van der Waals surface area (Å²) in [6.45, 7) is 1.58. The van der Waals surface area contributed by atoms with Gasteiger partial charge in [-0.3, -0.25) is 0 Å². The van der Waals surface area contributed by atoms with Gasteiger partial charge < -0.3 is 4.79 Å². The van der Waals surface area contributed by atoms with Crippen molar-refractivity contribution in [1.82, 2.24) is 0 Å². The largest absolute Gasteiger partial charge is 0.400 e. The van der Waals surface area contributed by atoms with Gasteiger partial charge >= 0.3 is 12.4 Å². The van der Waals surface area contributed by atoms with E-state index >= 15 is 0 Å². The van der Waals surface area contributed by atoms with Gasteiger partial charge in [0.2, 0.25) is 0 Å². The Hall–Kier alpha value is -1.53. The van der Waals surface area contributed by atoms with Gasteiger partial charge in [0, 0.05) is 5.92 Å². The van der Waals surface area contributed by atoms with Crippen LogP contribution in [0.4, 0.5) is 26.3 Å². The molecule has 0 aliphatic heterocycles. The van der Waals surface area contributed by atoms with E-state index in [0.29, 0.717) is 11.8 Å². The number of alkyl halides is 6. The fourth-order valence-corrected chi connectivity index (χ4v) is 1.69. The topological polar surface area (TPSA) is 17.1 Å². The van der Waals surface area contributed by atoms with Crippen molar-refractivity contribution in [3.63, 3.8) is 0 Å². The van der Waals surface area contributed by atoms with Crippen molar-refractivity contribution in [1.29, 1.82) is 0 Å². The third-order valence-electron chi connectivity index (χ3n) is 2.94. The number of benzene rings is 1. The van der Waals surface area contributed by atoms with Gasteiger partial charge in [-0.15, -0.1) is 0 Å². The van der Waals surface area contributed by atoms with Crippen LogP contribution < -0.4 is 0 Å². The maximum atomic E-state index is 12.4. The van der Waals surface area contributed by atoms with Crippen LogP contribution in [0.1, 0.15) is 24.0 Å². The number of halogens is 6. The Morgan fingerprint density at radius 1 is 1.00 bits per heavy atom. The van der Waals surface area contributed by atoms with E-state index in [1.807, 2.05) is 0 Å². The van der Waals surface area contributed by atoms with Crippen LogP contribution in [0.25, 0.3) is 0 Å². The molecule has 1 nitrogen and oxygen atoms in total. The fourth-order valence-electron chi connectivity index (χ4n) is 1.69. The fraction of sp³-hybridized carbons (Fsp3) is 0.462. The van der Waals surface area contributed by atoms with Crippen molar-refractivity contribution in [3.05, 3.63) is 35.4 Å². The lowest BCUT2D eigenvalue weighted by atomic mass is 9.95. The van der Waals surface area contributed by atoms with Gasteiger partial charge in [0.15, 0.2) is 5.92 Å². The van der Waals surface area contributed by atoms with Gasteiger partial charge in [0.05, 0.1) is 0 Å². The van der Waals surface area contributed by atoms with Crippen LogP contribution >= 0.6 is 0 Å². The summed E-state index contributed by atoms with van der Waals surface area (Å²) < 4.78 is 74.4. The molecule has 0 fully saturated rings. The molecule has 1 unspecified atom stereocenters. The Morgan fingerprint density at radius 3 is 1.80 bits per heavy atom. The summed E-state index contributed by atoms with van der Waals surface area (Å²) in [5, 5.41) is 0. The maximum Gasteiger partial charge on any atom is 0.400 e. The Labute approximate surface area is 111 Å². The summed E-state index contributed by atoms with van der Waals surface area (Å²) in [5.74, 6) is -3.84. The highest BCUT2D eigenvalue weighted by atomic mass is 19.4. The Morgan fingerprint density at radius 2 is 1.45 bits per heavy atom. The lowest BCUT2D eigenvalue weighted by molar-refractivity contribution is -0.283. The average molecular weight is 298 g/mol. The molecule has 0 heterocycles. The maximum absolute atomic E-state index is 12.4. The summed E-state index contributed by atoms with van der Waals surface area (Å²) in [5.41, 5.74) is 0.464. The molecule has 1 rings (SSSR count). The first kappa shape index (κ1) is 16.5. The number of carbonyl (C=O) groups excluding carboxylic acids is 1.